The molecule has 0 aromatic heterocycles. The van der Waals surface area contributed by atoms with Crippen molar-refractivity contribution in [1.82, 2.24) is 0 Å². The lowest BCUT2D eigenvalue weighted by Crippen LogP contribution is -2.49. The lowest BCUT2D eigenvalue weighted by molar-refractivity contribution is -0.0463. The van der Waals surface area contributed by atoms with Crippen LogP contribution >= 0.6 is 0 Å². The van der Waals surface area contributed by atoms with Crippen LogP contribution in [0, 0.1) is 52.3 Å². The molecule has 0 amide bonds. The zero-order valence-corrected chi connectivity index (χ0v) is 20.7. The first-order valence-corrected chi connectivity index (χ1v) is 13.2. The largest absolute Gasteiger partial charge is 0.396 e. The first kappa shape index (κ1) is 22.6. The molecule has 3 fully saturated rings. The third kappa shape index (κ3) is 3.56. The van der Waals surface area contributed by atoms with Crippen LogP contribution in [0.3, 0.4) is 0 Å². The molecule has 0 aliphatic heterocycles. The monoisotopic (exact) mass is 412 g/mol. The highest BCUT2D eigenvalue weighted by Crippen LogP contribution is 2.67. The van der Waals surface area contributed by atoms with Gasteiger partial charge in [-0.25, -0.2) is 0 Å². The predicted octanol–water partition coefficient (Wildman–Crippen LogP) is 7.80. The van der Waals surface area contributed by atoms with Crippen LogP contribution < -0.4 is 0 Å². The smallest absolute Gasteiger partial charge is 0.0462 e. The summed E-state index contributed by atoms with van der Waals surface area (Å²) in [5.74, 6) is 5.15. The topological polar surface area (TPSA) is 20.2 Å². The van der Waals surface area contributed by atoms with E-state index in [1.165, 1.54) is 63.4 Å². The summed E-state index contributed by atoms with van der Waals surface area (Å²) in [6.07, 6.45) is 18.2. The van der Waals surface area contributed by atoms with Crippen LogP contribution in [0.4, 0.5) is 0 Å². The lowest BCUT2D eigenvalue weighted by atomic mass is 9.47. The maximum atomic E-state index is 9.58. The molecule has 1 N–H and O–H groups in total. The molecule has 0 aromatic rings. The zero-order chi connectivity index (χ0) is 21.7. The van der Waals surface area contributed by atoms with Gasteiger partial charge in [0.2, 0.25) is 0 Å². The minimum absolute atomic E-state index is 0.293. The lowest BCUT2D eigenvalue weighted by Gasteiger charge is -2.58. The van der Waals surface area contributed by atoms with E-state index in [9.17, 15) is 5.11 Å². The minimum atomic E-state index is 0.293. The van der Waals surface area contributed by atoms with E-state index in [-0.39, 0.29) is 0 Å². The summed E-state index contributed by atoms with van der Waals surface area (Å²) in [6.45, 7) is 14.9. The maximum absolute atomic E-state index is 9.58. The molecule has 0 spiro atoms. The van der Waals surface area contributed by atoms with E-state index in [1.807, 2.05) is 5.57 Å². The van der Waals surface area contributed by atoms with Gasteiger partial charge in [0.05, 0.1) is 0 Å². The Kier molecular flexibility index (Phi) is 6.35. The summed E-state index contributed by atoms with van der Waals surface area (Å²) >= 11 is 0. The molecule has 0 radical (unpaired) electrons. The maximum Gasteiger partial charge on any atom is 0.0462 e. The minimum Gasteiger partial charge on any atom is -0.396 e. The van der Waals surface area contributed by atoms with Gasteiger partial charge in [0, 0.05) is 6.61 Å². The first-order valence-electron chi connectivity index (χ1n) is 13.2. The van der Waals surface area contributed by atoms with Gasteiger partial charge in [0.15, 0.2) is 0 Å². The molecule has 30 heavy (non-hydrogen) atoms. The highest BCUT2D eigenvalue weighted by molar-refractivity contribution is 5.24. The van der Waals surface area contributed by atoms with Gasteiger partial charge in [-0.15, -0.1) is 0 Å². The van der Waals surface area contributed by atoms with Gasteiger partial charge in [-0.3, -0.25) is 0 Å². The molecule has 0 heterocycles. The number of allylic oxidation sites excluding steroid dienone is 4. The van der Waals surface area contributed by atoms with Crippen molar-refractivity contribution in [2.24, 2.45) is 52.3 Å². The number of aliphatic hydroxyl groups excluding tert-OH is 1. The molecule has 1 nitrogen and oxygen atoms in total. The van der Waals surface area contributed by atoms with Crippen molar-refractivity contribution < 1.29 is 5.11 Å². The molecule has 1 heteroatoms. The van der Waals surface area contributed by atoms with Crippen molar-refractivity contribution >= 4 is 0 Å². The highest BCUT2D eigenvalue weighted by atomic mass is 16.3. The third-order valence-corrected chi connectivity index (χ3v) is 11.1. The Morgan fingerprint density at radius 1 is 1.10 bits per heavy atom. The highest BCUT2D eigenvalue weighted by Gasteiger charge is 2.58. The zero-order valence-electron chi connectivity index (χ0n) is 20.7. The van der Waals surface area contributed by atoms with Gasteiger partial charge < -0.3 is 5.11 Å². The van der Waals surface area contributed by atoms with E-state index < -0.39 is 0 Å². The van der Waals surface area contributed by atoms with Crippen molar-refractivity contribution in [3.63, 3.8) is 0 Å². The van der Waals surface area contributed by atoms with Crippen molar-refractivity contribution in [2.45, 2.75) is 99.3 Å². The Labute approximate surface area is 186 Å². The van der Waals surface area contributed by atoms with Crippen LogP contribution in [0.15, 0.2) is 23.3 Å². The Hall–Kier alpha value is -0.560. The van der Waals surface area contributed by atoms with E-state index in [2.05, 4.69) is 53.7 Å². The second-order valence-corrected chi connectivity index (χ2v) is 12.4. The van der Waals surface area contributed by atoms with Gasteiger partial charge in [-0.2, -0.15) is 0 Å². The summed E-state index contributed by atoms with van der Waals surface area (Å²) in [5.41, 5.74) is 4.38. The van der Waals surface area contributed by atoms with Crippen LogP contribution in [0.2, 0.25) is 0 Å². The Morgan fingerprint density at radius 2 is 1.87 bits per heavy atom. The van der Waals surface area contributed by atoms with E-state index >= 15 is 0 Å². The van der Waals surface area contributed by atoms with E-state index in [0.717, 1.165) is 23.7 Å². The third-order valence-electron chi connectivity index (χ3n) is 11.1. The van der Waals surface area contributed by atoms with E-state index in [1.54, 1.807) is 0 Å². The summed E-state index contributed by atoms with van der Waals surface area (Å²) in [7, 11) is 0. The summed E-state index contributed by atoms with van der Waals surface area (Å²) in [5, 5.41) is 9.58. The van der Waals surface area contributed by atoms with Crippen molar-refractivity contribution in [2.75, 3.05) is 6.61 Å². The first-order chi connectivity index (χ1) is 14.2. The molecular weight excluding hydrogens is 364 g/mol. The number of aliphatic hydroxyl groups is 1. The van der Waals surface area contributed by atoms with Gasteiger partial charge in [0.25, 0.3) is 0 Å². The molecule has 170 valence electrons. The predicted molar refractivity (Wildman–Crippen MR) is 128 cm³/mol. The number of hydrogen-bond donors (Lipinski definition) is 1. The quantitative estimate of drug-likeness (QED) is 0.457. The van der Waals surface area contributed by atoms with Crippen LogP contribution in [-0.4, -0.2) is 11.7 Å². The molecule has 0 bridgehead atoms. The second-order valence-electron chi connectivity index (χ2n) is 12.4. The Morgan fingerprint density at radius 3 is 2.60 bits per heavy atom. The fourth-order valence-electron chi connectivity index (χ4n) is 8.89. The number of fused-ring (bicyclic) bond motifs is 5. The van der Waals surface area contributed by atoms with Crippen molar-refractivity contribution in [3.8, 4) is 0 Å². The van der Waals surface area contributed by atoms with Crippen molar-refractivity contribution in [1.29, 1.82) is 0 Å². The Bertz CT molecular complexity index is 688. The molecule has 4 aliphatic rings. The Balaban J connectivity index is 1.53. The molecular formula is C29H48O. The SMILES string of the molecule is CC(=C[C@@H](C)[C@H]1CC[C@H]2[C@@H]3CC=C4CCCC[C@]4(C)[C@H]3CC[C@]12C)C(C)C(C)CO. The molecule has 4 rings (SSSR count). The van der Waals surface area contributed by atoms with Crippen LogP contribution in [0.5, 0.6) is 0 Å². The van der Waals surface area contributed by atoms with E-state index in [4.69, 9.17) is 0 Å². The standard InChI is InChI=1S/C29H48O/c1-19(22(4)21(3)18-30)17-20(2)25-12-13-26-24-11-10-23-9-7-8-15-28(23,5)27(24)14-16-29(25,26)6/h10,17,20-22,24-27,30H,7-9,11-16,18H2,1-6H3/t20-,21?,22?,24+,25-,26+,27+,28+,29-/m1/s1. The van der Waals surface area contributed by atoms with Gasteiger partial charge >= 0.3 is 0 Å². The van der Waals surface area contributed by atoms with Crippen LogP contribution in [-0.2, 0) is 0 Å². The molecule has 0 aromatic carbocycles. The number of rotatable bonds is 5. The summed E-state index contributed by atoms with van der Waals surface area (Å²) in [4.78, 5) is 0. The average Bonchev–Trinajstić information content (AvgIpc) is 3.09. The summed E-state index contributed by atoms with van der Waals surface area (Å²) in [6, 6.07) is 0. The van der Waals surface area contributed by atoms with Gasteiger partial charge in [-0.05, 0) is 111 Å². The van der Waals surface area contributed by atoms with Crippen LogP contribution in [0.25, 0.3) is 0 Å². The van der Waals surface area contributed by atoms with Crippen molar-refractivity contribution in [3.05, 3.63) is 23.3 Å². The molecule has 2 unspecified atom stereocenters. The molecule has 0 saturated heterocycles. The normalized spacial score (nSPS) is 44.4. The van der Waals surface area contributed by atoms with Gasteiger partial charge in [-0.1, -0.05) is 64.3 Å². The fourth-order valence-corrected chi connectivity index (χ4v) is 8.89. The fraction of sp³-hybridized carbons (Fsp3) is 0.862. The van der Waals surface area contributed by atoms with Gasteiger partial charge in [0.1, 0.15) is 0 Å². The summed E-state index contributed by atoms with van der Waals surface area (Å²) < 4.78 is 0. The molecule has 9 atom stereocenters. The molecule has 4 aliphatic carbocycles. The molecule has 3 saturated carbocycles. The second kappa shape index (κ2) is 8.42. The average molecular weight is 413 g/mol. The van der Waals surface area contributed by atoms with E-state index in [0.29, 0.717) is 35.2 Å². The van der Waals surface area contributed by atoms with Crippen LogP contribution in [0.1, 0.15) is 99.3 Å². The number of hydrogen-bond acceptors (Lipinski definition) is 1.